The van der Waals surface area contributed by atoms with Crippen LogP contribution in [0.2, 0.25) is 0 Å². The summed E-state index contributed by atoms with van der Waals surface area (Å²) in [4.78, 5) is 0. The summed E-state index contributed by atoms with van der Waals surface area (Å²) in [6.07, 6.45) is 1.03. The predicted octanol–water partition coefficient (Wildman–Crippen LogP) is 4.40. The first kappa shape index (κ1) is 13.5. The van der Waals surface area contributed by atoms with Gasteiger partial charge in [-0.1, -0.05) is 37.3 Å². The minimum absolute atomic E-state index is 0.765. The second-order valence-electron chi connectivity index (χ2n) is 4.66. The van der Waals surface area contributed by atoms with E-state index in [1.54, 1.807) is 0 Å². The lowest BCUT2D eigenvalue weighted by atomic mass is 10.1. The first-order valence-corrected chi connectivity index (χ1v) is 6.81. The van der Waals surface area contributed by atoms with E-state index in [0.717, 1.165) is 31.0 Å². The molecule has 2 rings (SSSR count). The zero-order valence-electron chi connectivity index (χ0n) is 11.6. The van der Waals surface area contributed by atoms with Gasteiger partial charge in [0.15, 0.2) is 0 Å². The second kappa shape index (κ2) is 6.83. The minimum atomic E-state index is 0.765. The van der Waals surface area contributed by atoms with Crippen molar-refractivity contribution in [1.29, 1.82) is 0 Å². The van der Waals surface area contributed by atoms with Gasteiger partial charge in [0.25, 0.3) is 0 Å². The first-order chi connectivity index (χ1) is 9.29. The van der Waals surface area contributed by atoms with E-state index in [1.165, 1.54) is 11.1 Å². The van der Waals surface area contributed by atoms with Gasteiger partial charge in [-0.05, 0) is 36.6 Å². The number of hydrogen-bond acceptors (Lipinski definition) is 2. The van der Waals surface area contributed by atoms with Crippen molar-refractivity contribution in [3.05, 3.63) is 59.7 Å². The Balaban J connectivity index is 1.98. The molecule has 2 aromatic rings. The lowest BCUT2D eigenvalue weighted by Gasteiger charge is -2.10. The molecular weight excluding hydrogens is 234 g/mol. The molecule has 0 amide bonds. The van der Waals surface area contributed by atoms with Crippen molar-refractivity contribution in [2.45, 2.75) is 26.8 Å². The highest BCUT2D eigenvalue weighted by atomic mass is 16.5. The summed E-state index contributed by atoms with van der Waals surface area (Å²) in [5.41, 5.74) is 3.73. The van der Waals surface area contributed by atoms with E-state index in [-0.39, 0.29) is 0 Å². The Morgan fingerprint density at radius 3 is 2.68 bits per heavy atom. The molecule has 0 atom stereocenters. The van der Waals surface area contributed by atoms with E-state index in [4.69, 9.17) is 4.74 Å². The van der Waals surface area contributed by atoms with Crippen LogP contribution in [0.3, 0.4) is 0 Å². The van der Waals surface area contributed by atoms with E-state index in [0.29, 0.717) is 0 Å². The maximum Gasteiger partial charge on any atom is 0.121 e. The molecule has 0 unspecified atom stereocenters. The number of rotatable bonds is 6. The maximum absolute atomic E-state index is 5.63. The van der Waals surface area contributed by atoms with Crippen molar-refractivity contribution in [3.8, 4) is 5.75 Å². The summed E-state index contributed by atoms with van der Waals surface area (Å²) >= 11 is 0. The van der Waals surface area contributed by atoms with Gasteiger partial charge in [0, 0.05) is 18.3 Å². The summed E-state index contributed by atoms with van der Waals surface area (Å²) in [7, 11) is 0. The minimum Gasteiger partial charge on any atom is -0.494 e. The smallest absolute Gasteiger partial charge is 0.121 e. The molecule has 0 aliphatic heterocycles. The first-order valence-electron chi connectivity index (χ1n) is 6.81. The van der Waals surface area contributed by atoms with Gasteiger partial charge in [0.05, 0.1) is 6.61 Å². The monoisotopic (exact) mass is 255 g/mol. The van der Waals surface area contributed by atoms with Gasteiger partial charge in [-0.2, -0.15) is 0 Å². The Bertz CT molecular complexity index is 522. The summed E-state index contributed by atoms with van der Waals surface area (Å²) < 4.78 is 5.63. The van der Waals surface area contributed by atoms with E-state index in [1.807, 2.05) is 18.2 Å². The highest BCUT2D eigenvalue weighted by molar-refractivity contribution is 5.48. The van der Waals surface area contributed by atoms with Crippen LogP contribution in [0.15, 0.2) is 48.5 Å². The van der Waals surface area contributed by atoms with Crippen molar-refractivity contribution in [3.63, 3.8) is 0 Å². The third-order valence-electron chi connectivity index (χ3n) is 3.05. The van der Waals surface area contributed by atoms with E-state index in [2.05, 4.69) is 49.5 Å². The number of nitrogens with one attached hydrogen (secondary N) is 1. The predicted molar refractivity (Wildman–Crippen MR) is 80.7 cm³/mol. The molecule has 0 bridgehead atoms. The van der Waals surface area contributed by atoms with Crippen molar-refractivity contribution in [2.75, 3.05) is 11.9 Å². The summed E-state index contributed by atoms with van der Waals surface area (Å²) in [6.45, 7) is 5.85. The average molecular weight is 255 g/mol. The number of hydrogen-bond donors (Lipinski definition) is 1. The van der Waals surface area contributed by atoms with Crippen LogP contribution in [0.1, 0.15) is 24.5 Å². The van der Waals surface area contributed by atoms with Crippen LogP contribution in [0.25, 0.3) is 0 Å². The molecule has 0 aromatic heterocycles. The number of anilines is 1. The molecule has 2 aromatic carbocycles. The summed E-state index contributed by atoms with van der Waals surface area (Å²) in [5.74, 6) is 0.927. The van der Waals surface area contributed by atoms with Gasteiger partial charge < -0.3 is 10.1 Å². The Morgan fingerprint density at radius 2 is 1.89 bits per heavy atom. The van der Waals surface area contributed by atoms with Crippen LogP contribution in [0.5, 0.6) is 5.75 Å². The van der Waals surface area contributed by atoms with E-state index >= 15 is 0 Å². The van der Waals surface area contributed by atoms with Crippen LogP contribution in [0.4, 0.5) is 5.69 Å². The Hall–Kier alpha value is -1.96. The average Bonchev–Trinajstić information content (AvgIpc) is 2.45. The fraction of sp³-hybridized carbons (Fsp3) is 0.294. The van der Waals surface area contributed by atoms with Crippen molar-refractivity contribution >= 4 is 5.69 Å². The molecule has 2 heteroatoms. The summed E-state index contributed by atoms with van der Waals surface area (Å²) in [5, 5.41) is 3.44. The number of benzene rings is 2. The maximum atomic E-state index is 5.63. The van der Waals surface area contributed by atoms with Gasteiger partial charge in [-0.15, -0.1) is 0 Å². The zero-order chi connectivity index (χ0) is 13.5. The molecule has 0 saturated heterocycles. The second-order valence-corrected chi connectivity index (χ2v) is 4.66. The third-order valence-corrected chi connectivity index (χ3v) is 3.05. The molecule has 0 aliphatic rings. The fourth-order valence-corrected chi connectivity index (χ4v) is 1.92. The quantitative estimate of drug-likeness (QED) is 0.826. The summed E-state index contributed by atoms with van der Waals surface area (Å²) in [6, 6.07) is 16.6. The van der Waals surface area contributed by atoms with Crippen LogP contribution < -0.4 is 10.1 Å². The molecule has 0 spiro atoms. The molecule has 0 fully saturated rings. The van der Waals surface area contributed by atoms with Gasteiger partial charge in [-0.3, -0.25) is 0 Å². The van der Waals surface area contributed by atoms with Gasteiger partial charge in [0.1, 0.15) is 5.75 Å². The van der Waals surface area contributed by atoms with Crippen LogP contribution >= 0.6 is 0 Å². The number of ether oxygens (including phenoxy) is 1. The molecule has 0 heterocycles. The zero-order valence-corrected chi connectivity index (χ0v) is 11.6. The number of aryl methyl sites for hydroxylation is 1. The SMILES string of the molecule is CCCOc1cccc(NCc2ccccc2C)c1. The lowest BCUT2D eigenvalue weighted by molar-refractivity contribution is 0.317. The lowest BCUT2D eigenvalue weighted by Crippen LogP contribution is -2.01. The molecule has 1 N–H and O–H groups in total. The van der Waals surface area contributed by atoms with Gasteiger partial charge >= 0.3 is 0 Å². The molecule has 2 nitrogen and oxygen atoms in total. The molecule has 0 saturated carbocycles. The van der Waals surface area contributed by atoms with E-state index in [9.17, 15) is 0 Å². The highest BCUT2D eigenvalue weighted by Crippen LogP contribution is 2.18. The topological polar surface area (TPSA) is 21.3 Å². The third kappa shape index (κ3) is 4.02. The van der Waals surface area contributed by atoms with Crippen LogP contribution in [-0.4, -0.2) is 6.61 Å². The largest absolute Gasteiger partial charge is 0.494 e. The molecule has 0 radical (unpaired) electrons. The van der Waals surface area contributed by atoms with Crippen molar-refractivity contribution in [1.82, 2.24) is 0 Å². The normalized spacial score (nSPS) is 10.2. The Kier molecular flexibility index (Phi) is 4.85. The van der Waals surface area contributed by atoms with Crippen LogP contribution in [0, 0.1) is 6.92 Å². The van der Waals surface area contributed by atoms with Crippen molar-refractivity contribution < 1.29 is 4.74 Å². The van der Waals surface area contributed by atoms with E-state index < -0.39 is 0 Å². The molecule has 100 valence electrons. The van der Waals surface area contributed by atoms with Gasteiger partial charge in [-0.25, -0.2) is 0 Å². The highest BCUT2D eigenvalue weighted by Gasteiger charge is 1.99. The molecule has 19 heavy (non-hydrogen) atoms. The fourth-order valence-electron chi connectivity index (χ4n) is 1.92. The standard InChI is InChI=1S/C17H21NO/c1-3-11-19-17-10-6-9-16(12-17)18-13-15-8-5-4-7-14(15)2/h4-10,12,18H,3,11,13H2,1-2H3. The molecule has 0 aliphatic carbocycles. The van der Waals surface area contributed by atoms with Gasteiger partial charge in [0.2, 0.25) is 0 Å². The molecular formula is C17H21NO. The Morgan fingerprint density at radius 1 is 1.05 bits per heavy atom. The van der Waals surface area contributed by atoms with Crippen LogP contribution in [-0.2, 0) is 6.54 Å². The Labute approximate surface area is 115 Å². The van der Waals surface area contributed by atoms with Crippen molar-refractivity contribution in [2.24, 2.45) is 0 Å².